The van der Waals surface area contributed by atoms with Gasteiger partial charge in [-0.25, -0.2) is 0 Å². The van der Waals surface area contributed by atoms with E-state index >= 15 is 0 Å². The fourth-order valence-corrected chi connectivity index (χ4v) is 2.80. The number of aliphatic hydroxyl groups is 1. The van der Waals surface area contributed by atoms with Crippen molar-refractivity contribution in [3.05, 3.63) is 12.7 Å². The van der Waals surface area contributed by atoms with Crippen molar-refractivity contribution >= 4 is 29.9 Å². The van der Waals surface area contributed by atoms with E-state index in [0.29, 0.717) is 6.54 Å². The van der Waals surface area contributed by atoms with Crippen molar-refractivity contribution in [1.29, 1.82) is 0 Å². The molecule has 1 fully saturated rings. The van der Waals surface area contributed by atoms with E-state index in [1.54, 1.807) is 0 Å². The van der Waals surface area contributed by atoms with Gasteiger partial charge < -0.3 is 20.1 Å². The molecule has 6 heteroatoms. The smallest absolute Gasteiger partial charge is 0.193 e. The minimum atomic E-state index is -0.107. The maximum atomic E-state index is 9.78. The number of aliphatic hydroxyl groups excluding tert-OH is 1. The molecule has 0 aromatic heterocycles. The topological polar surface area (TPSA) is 57.1 Å². The number of halogens is 1. The molecule has 1 aliphatic heterocycles. The first-order valence-corrected chi connectivity index (χ1v) is 8.96. The molecule has 0 saturated carbocycles. The molecular formula is C18H36IN3O2. The van der Waals surface area contributed by atoms with E-state index < -0.39 is 0 Å². The summed E-state index contributed by atoms with van der Waals surface area (Å²) in [5, 5.41) is 13.1. The van der Waals surface area contributed by atoms with Crippen LogP contribution in [0.15, 0.2) is 17.6 Å². The first-order chi connectivity index (χ1) is 11.2. The molecule has 5 nitrogen and oxygen atoms in total. The summed E-state index contributed by atoms with van der Waals surface area (Å²) in [6.45, 7) is 10.0. The monoisotopic (exact) mass is 453 g/mol. The van der Waals surface area contributed by atoms with Crippen LogP contribution in [0.3, 0.4) is 0 Å². The average molecular weight is 453 g/mol. The highest BCUT2D eigenvalue weighted by Gasteiger charge is 2.32. The van der Waals surface area contributed by atoms with Gasteiger partial charge in [0.1, 0.15) is 0 Å². The van der Waals surface area contributed by atoms with Gasteiger partial charge in [0.2, 0.25) is 0 Å². The Hall–Kier alpha value is -0.340. The molecule has 0 aromatic rings. The van der Waals surface area contributed by atoms with Crippen LogP contribution in [0.1, 0.15) is 45.4 Å². The lowest BCUT2D eigenvalue weighted by atomic mass is 9.81. The van der Waals surface area contributed by atoms with Crippen LogP contribution in [0.5, 0.6) is 0 Å². The van der Waals surface area contributed by atoms with Crippen LogP contribution in [0.2, 0.25) is 0 Å². The van der Waals surface area contributed by atoms with Crippen LogP contribution in [0, 0.1) is 5.41 Å². The lowest BCUT2D eigenvalue weighted by molar-refractivity contribution is -0.0107. The highest BCUT2D eigenvalue weighted by Crippen LogP contribution is 2.30. The standard InChI is InChI=1S/C18H35N3O2.HI/c1-4-6-7-8-9-12-21(3)17(19-5-2)20-15-18(16-22)10-13-23-14-11-18;/h4,22H,1,5-16H2,2-3H3,(H,19,20);1H. The second-order valence-corrected chi connectivity index (χ2v) is 6.50. The molecule has 0 unspecified atom stereocenters. The summed E-state index contributed by atoms with van der Waals surface area (Å²) in [4.78, 5) is 6.99. The number of nitrogens with one attached hydrogen (secondary N) is 1. The molecule has 0 spiro atoms. The van der Waals surface area contributed by atoms with Crippen LogP contribution >= 0.6 is 24.0 Å². The molecule has 0 aliphatic carbocycles. The van der Waals surface area contributed by atoms with Gasteiger partial charge in [-0.15, -0.1) is 30.6 Å². The first-order valence-electron chi connectivity index (χ1n) is 8.96. The highest BCUT2D eigenvalue weighted by atomic mass is 127. The van der Waals surface area contributed by atoms with Crippen molar-refractivity contribution in [2.45, 2.75) is 45.4 Å². The summed E-state index contributed by atoms with van der Waals surface area (Å²) in [6, 6.07) is 0. The van der Waals surface area contributed by atoms with Crippen LogP contribution in [0.4, 0.5) is 0 Å². The lowest BCUT2D eigenvalue weighted by Crippen LogP contribution is -2.42. The van der Waals surface area contributed by atoms with Gasteiger partial charge in [-0.1, -0.05) is 12.5 Å². The van der Waals surface area contributed by atoms with Gasteiger partial charge in [0.15, 0.2) is 5.96 Å². The molecule has 1 heterocycles. The number of ether oxygens (including phenoxy) is 1. The van der Waals surface area contributed by atoms with Crippen molar-refractivity contribution in [1.82, 2.24) is 10.2 Å². The number of unbranched alkanes of at least 4 members (excludes halogenated alkanes) is 3. The fourth-order valence-electron chi connectivity index (χ4n) is 2.80. The van der Waals surface area contributed by atoms with Crippen LogP contribution in [0.25, 0.3) is 0 Å². The molecular weight excluding hydrogens is 417 g/mol. The SMILES string of the molecule is C=CCCCCCN(C)C(=NCC1(CO)CCOCC1)NCC.I. The molecule has 0 atom stereocenters. The summed E-state index contributed by atoms with van der Waals surface area (Å²) in [6.07, 6.45) is 8.44. The lowest BCUT2D eigenvalue weighted by Gasteiger charge is -2.34. The summed E-state index contributed by atoms with van der Waals surface area (Å²) >= 11 is 0. The quantitative estimate of drug-likeness (QED) is 0.176. The number of hydrogen-bond acceptors (Lipinski definition) is 3. The summed E-state index contributed by atoms with van der Waals surface area (Å²) in [5.41, 5.74) is -0.107. The Kier molecular flexibility index (Phi) is 13.7. The Balaban J connectivity index is 0.00000529. The van der Waals surface area contributed by atoms with E-state index in [2.05, 4.69) is 30.8 Å². The predicted octanol–water partition coefficient (Wildman–Crippen LogP) is 3.04. The molecule has 24 heavy (non-hydrogen) atoms. The van der Waals surface area contributed by atoms with E-state index in [4.69, 9.17) is 9.73 Å². The summed E-state index contributed by atoms with van der Waals surface area (Å²) in [7, 11) is 2.09. The first kappa shape index (κ1) is 23.7. The molecule has 0 bridgehead atoms. The third-order valence-electron chi connectivity index (χ3n) is 4.55. The Morgan fingerprint density at radius 3 is 2.62 bits per heavy atom. The van der Waals surface area contributed by atoms with Crippen LogP contribution < -0.4 is 5.32 Å². The van der Waals surface area contributed by atoms with Crippen molar-refractivity contribution in [3.8, 4) is 0 Å². The summed E-state index contributed by atoms with van der Waals surface area (Å²) in [5.74, 6) is 0.940. The van der Waals surface area contributed by atoms with E-state index in [9.17, 15) is 5.11 Å². The van der Waals surface area contributed by atoms with Gasteiger partial charge in [0.05, 0.1) is 13.2 Å². The Labute approximate surface area is 165 Å². The molecule has 0 amide bonds. The average Bonchev–Trinajstić information content (AvgIpc) is 2.59. The Morgan fingerprint density at radius 2 is 2.04 bits per heavy atom. The maximum Gasteiger partial charge on any atom is 0.193 e. The zero-order valence-electron chi connectivity index (χ0n) is 15.4. The zero-order valence-corrected chi connectivity index (χ0v) is 17.8. The zero-order chi connectivity index (χ0) is 17.0. The summed E-state index contributed by atoms with van der Waals surface area (Å²) < 4.78 is 5.42. The van der Waals surface area contributed by atoms with Gasteiger partial charge in [-0.05, 0) is 39.0 Å². The van der Waals surface area contributed by atoms with Crippen molar-refractivity contribution in [3.63, 3.8) is 0 Å². The molecule has 2 N–H and O–H groups in total. The van der Waals surface area contributed by atoms with Gasteiger partial charge in [-0.2, -0.15) is 0 Å². The van der Waals surface area contributed by atoms with Gasteiger partial charge >= 0.3 is 0 Å². The third-order valence-corrected chi connectivity index (χ3v) is 4.55. The van der Waals surface area contributed by atoms with E-state index in [0.717, 1.165) is 57.9 Å². The van der Waals surface area contributed by atoms with Gasteiger partial charge in [0.25, 0.3) is 0 Å². The number of guanidine groups is 1. The molecule has 142 valence electrons. The number of allylic oxidation sites excluding steroid dienone is 1. The number of aliphatic imine (C=N–C) groups is 1. The predicted molar refractivity (Wildman–Crippen MR) is 112 cm³/mol. The largest absolute Gasteiger partial charge is 0.396 e. The van der Waals surface area contributed by atoms with Crippen molar-refractivity contribution < 1.29 is 9.84 Å². The number of hydrogen-bond donors (Lipinski definition) is 2. The van der Waals surface area contributed by atoms with Gasteiger partial charge in [0, 0.05) is 38.8 Å². The van der Waals surface area contributed by atoms with Crippen LogP contribution in [-0.4, -0.2) is 62.5 Å². The van der Waals surface area contributed by atoms with Gasteiger partial charge in [-0.3, -0.25) is 4.99 Å². The van der Waals surface area contributed by atoms with E-state index in [1.165, 1.54) is 12.8 Å². The minimum absolute atomic E-state index is 0. The highest BCUT2D eigenvalue weighted by molar-refractivity contribution is 14.0. The molecule has 1 saturated heterocycles. The maximum absolute atomic E-state index is 9.78. The minimum Gasteiger partial charge on any atom is -0.396 e. The molecule has 0 aromatic carbocycles. The molecule has 1 rings (SSSR count). The second-order valence-electron chi connectivity index (χ2n) is 6.50. The Bertz CT molecular complexity index is 358. The van der Waals surface area contributed by atoms with Crippen molar-refractivity contribution in [2.24, 2.45) is 10.4 Å². The number of nitrogens with zero attached hydrogens (tertiary/aromatic N) is 2. The Morgan fingerprint density at radius 1 is 1.33 bits per heavy atom. The third kappa shape index (κ3) is 8.67. The van der Waals surface area contributed by atoms with Crippen LogP contribution in [-0.2, 0) is 4.74 Å². The number of rotatable bonds is 10. The molecule has 1 aliphatic rings. The second kappa shape index (κ2) is 13.9. The van der Waals surface area contributed by atoms with E-state index in [-0.39, 0.29) is 36.0 Å². The van der Waals surface area contributed by atoms with Crippen molar-refractivity contribution in [2.75, 3.05) is 46.5 Å². The van der Waals surface area contributed by atoms with E-state index in [1.807, 2.05) is 6.08 Å². The fraction of sp³-hybridized carbons (Fsp3) is 0.833. The molecule has 0 radical (unpaired) electrons. The normalized spacial score (nSPS) is 17.0.